The zero-order valence-electron chi connectivity index (χ0n) is 8.29. The van der Waals surface area contributed by atoms with E-state index in [0.29, 0.717) is 6.04 Å². The van der Waals surface area contributed by atoms with Gasteiger partial charge in [0.25, 0.3) is 0 Å². The Morgan fingerprint density at radius 1 is 1.53 bits per heavy atom. The van der Waals surface area contributed by atoms with Crippen molar-refractivity contribution >= 4 is 55.0 Å². The molecule has 1 atom stereocenters. The zero-order chi connectivity index (χ0) is 10.7. The minimum atomic E-state index is 0.699. The molecule has 0 aliphatic carbocycles. The summed E-state index contributed by atoms with van der Waals surface area (Å²) in [5, 5.41) is 3.25. The first-order valence-electron chi connectivity index (χ1n) is 4.90. The molecular formula is C10H13Br2NS2. The molecule has 1 aromatic rings. The summed E-state index contributed by atoms with van der Waals surface area (Å²) in [5.74, 6) is 2.54. The Bertz CT molecular complexity index is 316. The third kappa shape index (κ3) is 3.46. The quantitative estimate of drug-likeness (QED) is 0.744. The van der Waals surface area contributed by atoms with Crippen molar-refractivity contribution in [3.05, 3.63) is 20.8 Å². The van der Waals surface area contributed by atoms with E-state index in [0.717, 1.165) is 11.9 Å². The van der Waals surface area contributed by atoms with Crippen LogP contribution in [-0.4, -0.2) is 34.3 Å². The van der Waals surface area contributed by atoms with Crippen molar-refractivity contribution in [3.63, 3.8) is 0 Å². The maximum atomic E-state index is 3.61. The molecule has 0 aromatic carbocycles. The maximum absolute atomic E-state index is 3.61. The monoisotopic (exact) mass is 369 g/mol. The molecule has 0 spiro atoms. The van der Waals surface area contributed by atoms with E-state index in [-0.39, 0.29) is 0 Å². The molecule has 1 aromatic heterocycles. The summed E-state index contributed by atoms with van der Waals surface area (Å²) >= 11 is 11.0. The number of thiophene rings is 1. The molecule has 2 heterocycles. The molecular weight excluding hydrogens is 358 g/mol. The summed E-state index contributed by atoms with van der Waals surface area (Å²) in [6.45, 7) is 2.32. The van der Waals surface area contributed by atoms with Crippen molar-refractivity contribution in [2.45, 2.75) is 12.6 Å². The van der Waals surface area contributed by atoms with E-state index in [1.54, 1.807) is 0 Å². The molecule has 2 rings (SSSR count). The Kier molecular flexibility index (Phi) is 5.01. The van der Waals surface area contributed by atoms with Crippen molar-refractivity contribution in [1.82, 2.24) is 4.90 Å². The second kappa shape index (κ2) is 6.05. The van der Waals surface area contributed by atoms with Gasteiger partial charge in [0.15, 0.2) is 0 Å². The van der Waals surface area contributed by atoms with Crippen molar-refractivity contribution in [3.8, 4) is 0 Å². The van der Waals surface area contributed by atoms with Gasteiger partial charge in [-0.15, -0.1) is 11.3 Å². The molecule has 84 valence electrons. The fourth-order valence-electron chi connectivity index (χ4n) is 1.68. The number of hydrogen-bond acceptors (Lipinski definition) is 3. The van der Waals surface area contributed by atoms with Crippen LogP contribution < -0.4 is 0 Å². The van der Waals surface area contributed by atoms with Crippen molar-refractivity contribution in [2.75, 3.05) is 23.4 Å². The van der Waals surface area contributed by atoms with Gasteiger partial charge in [0.2, 0.25) is 0 Å². The van der Waals surface area contributed by atoms with E-state index in [4.69, 9.17) is 0 Å². The molecule has 5 heteroatoms. The second-order valence-electron chi connectivity index (χ2n) is 3.58. The Hall–Kier alpha value is 0.970. The Balaban J connectivity index is 1.97. The van der Waals surface area contributed by atoms with Crippen molar-refractivity contribution in [1.29, 1.82) is 0 Å². The molecule has 0 amide bonds. The molecule has 15 heavy (non-hydrogen) atoms. The highest BCUT2D eigenvalue weighted by atomic mass is 79.9. The van der Waals surface area contributed by atoms with Gasteiger partial charge < -0.3 is 0 Å². The van der Waals surface area contributed by atoms with Crippen LogP contribution in [0.1, 0.15) is 4.88 Å². The summed E-state index contributed by atoms with van der Waals surface area (Å²) in [7, 11) is 0. The maximum Gasteiger partial charge on any atom is 0.0332 e. The van der Waals surface area contributed by atoms with Gasteiger partial charge in [-0.2, -0.15) is 11.8 Å². The SMILES string of the molecule is BrCC1CSCCN1Cc1cc(Br)cs1. The van der Waals surface area contributed by atoms with Gasteiger partial charge in [-0.3, -0.25) is 4.90 Å². The number of alkyl halides is 1. The molecule has 0 bridgehead atoms. The molecule has 1 nitrogen and oxygen atoms in total. The molecule has 1 aliphatic rings. The third-order valence-corrected chi connectivity index (χ3v) is 6.03. The highest BCUT2D eigenvalue weighted by molar-refractivity contribution is 9.10. The van der Waals surface area contributed by atoms with Crippen LogP contribution in [0.5, 0.6) is 0 Å². The van der Waals surface area contributed by atoms with E-state index in [2.05, 4.69) is 60.0 Å². The standard InChI is InChI=1S/C10H13Br2NS2/c11-4-9-7-14-2-1-13(9)5-10-3-8(12)6-15-10/h3,6,9H,1-2,4-5,7H2. The average molecular weight is 371 g/mol. The molecule has 1 saturated heterocycles. The minimum absolute atomic E-state index is 0.699. The lowest BCUT2D eigenvalue weighted by Crippen LogP contribution is -2.42. The smallest absolute Gasteiger partial charge is 0.0332 e. The van der Waals surface area contributed by atoms with Crippen LogP contribution >= 0.6 is 55.0 Å². The van der Waals surface area contributed by atoms with Crippen LogP contribution in [-0.2, 0) is 6.54 Å². The van der Waals surface area contributed by atoms with Gasteiger partial charge in [0.05, 0.1) is 0 Å². The van der Waals surface area contributed by atoms with Crippen LogP contribution in [0.4, 0.5) is 0 Å². The van der Waals surface area contributed by atoms with Crippen LogP contribution in [0.25, 0.3) is 0 Å². The summed E-state index contributed by atoms with van der Waals surface area (Å²) in [6.07, 6.45) is 0. The van der Waals surface area contributed by atoms with E-state index in [1.807, 2.05) is 11.3 Å². The van der Waals surface area contributed by atoms with E-state index in [9.17, 15) is 0 Å². The van der Waals surface area contributed by atoms with E-state index in [1.165, 1.54) is 27.4 Å². The number of rotatable bonds is 3. The first kappa shape index (κ1) is 12.4. The largest absolute Gasteiger partial charge is 0.293 e. The molecule has 1 aliphatic heterocycles. The molecule has 1 unspecified atom stereocenters. The first-order valence-corrected chi connectivity index (χ1v) is 8.85. The van der Waals surface area contributed by atoms with Crippen LogP contribution in [0.15, 0.2) is 15.9 Å². The van der Waals surface area contributed by atoms with E-state index < -0.39 is 0 Å². The predicted octanol–water partition coefficient (Wildman–Crippen LogP) is 3.82. The van der Waals surface area contributed by atoms with Crippen LogP contribution in [0, 0.1) is 0 Å². The summed E-state index contributed by atoms with van der Waals surface area (Å²) in [4.78, 5) is 4.04. The van der Waals surface area contributed by atoms with Gasteiger partial charge in [0, 0.05) is 50.7 Å². The Labute approximate surface area is 116 Å². The molecule has 1 fully saturated rings. The third-order valence-electron chi connectivity index (χ3n) is 2.51. The summed E-state index contributed by atoms with van der Waals surface area (Å²) in [6, 6.07) is 2.93. The topological polar surface area (TPSA) is 3.24 Å². The second-order valence-corrected chi connectivity index (χ2v) is 7.29. The van der Waals surface area contributed by atoms with Crippen molar-refractivity contribution in [2.24, 2.45) is 0 Å². The summed E-state index contributed by atoms with van der Waals surface area (Å²) < 4.78 is 1.21. The number of halogens is 2. The summed E-state index contributed by atoms with van der Waals surface area (Å²) in [5.41, 5.74) is 0. The first-order chi connectivity index (χ1) is 7.29. The lowest BCUT2D eigenvalue weighted by Gasteiger charge is -2.33. The van der Waals surface area contributed by atoms with Gasteiger partial charge >= 0.3 is 0 Å². The lowest BCUT2D eigenvalue weighted by molar-refractivity contribution is 0.230. The van der Waals surface area contributed by atoms with Gasteiger partial charge in [-0.1, -0.05) is 15.9 Å². The highest BCUT2D eigenvalue weighted by Crippen LogP contribution is 2.25. The molecule has 0 radical (unpaired) electrons. The number of hydrogen-bond donors (Lipinski definition) is 0. The van der Waals surface area contributed by atoms with E-state index >= 15 is 0 Å². The average Bonchev–Trinajstić information content (AvgIpc) is 2.65. The van der Waals surface area contributed by atoms with Crippen LogP contribution in [0.3, 0.4) is 0 Å². The van der Waals surface area contributed by atoms with Gasteiger partial charge in [-0.05, 0) is 22.0 Å². The minimum Gasteiger partial charge on any atom is -0.293 e. The predicted molar refractivity (Wildman–Crippen MR) is 77.3 cm³/mol. The van der Waals surface area contributed by atoms with Crippen LogP contribution in [0.2, 0.25) is 0 Å². The zero-order valence-corrected chi connectivity index (χ0v) is 13.1. The molecule has 0 saturated carbocycles. The normalized spacial score (nSPS) is 23.2. The number of thioether (sulfide) groups is 1. The van der Waals surface area contributed by atoms with Crippen molar-refractivity contribution < 1.29 is 0 Å². The Morgan fingerprint density at radius 3 is 3.07 bits per heavy atom. The highest BCUT2D eigenvalue weighted by Gasteiger charge is 2.21. The fraction of sp³-hybridized carbons (Fsp3) is 0.600. The van der Waals surface area contributed by atoms with Gasteiger partial charge in [0.1, 0.15) is 0 Å². The Morgan fingerprint density at radius 2 is 2.40 bits per heavy atom. The number of nitrogens with zero attached hydrogens (tertiary/aromatic N) is 1. The fourth-order valence-corrected chi connectivity index (χ4v) is 5.22. The van der Waals surface area contributed by atoms with Gasteiger partial charge in [-0.25, -0.2) is 0 Å². The lowest BCUT2D eigenvalue weighted by atomic mass is 10.3. The molecule has 0 N–H and O–H groups in total.